The fraction of sp³-hybridized carbons (Fsp3) is 0.333. The van der Waals surface area contributed by atoms with Gasteiger partial charge in [0.25, 0.3) is 5.91 Å². The Morgan fingerprint density at radius 2 is 2.36 bits per heavy atom. The Morgan fingerprint density at radius 3 is 2.82 bits per heavy atom. The number of nitrogens with zero attached hydrogens (tertiary/aromatic N) is 1. The second-order valence-electron chi connectivity index (χ2n) is 3.06. The van der Waals surface area contributed by atoms with Crippen molar-refractivity contribution in [3.05, 3.63) is 28.5 Å². The minimum atomic E-state index is 0.0530. The molecule has 1 fully saturated rings. The third-order valence-electron chi connectivity index (χ3n) is 1.87. The molecule has 0 aromatic rings. The Labute approximate surface area is 65.5 Å². The van der Waals surface area contributed by atoms with E-state index < -0.39 is 0 Å². The quantitative estimate of drug-likeness (QED) is 0.504. The van der Waals surface area contributed by atoms with Gasteiger partial charge in [-0.25, -0.2) is 0 Å². The van der Waals surface area contributed by atoms with Gasteiger partial charge in [0, 0.05) is 26.1 Å². The molecule has 2 rings (SSSR count). The van der Waals surface area contributed by atoms with Crippen LogP contribution in [-0.2, 0) is 4.79 Å². The second-order valence-corrected chi connectivity index (χ2v) is 3.06. The van der Waals surface area contributed by atoms with E-state index in [9.17, 15) is 4.79 Å². The first-order valence-electron chi connectivity index (χ1n) is 3.61. The second kappa shape index (κ2) is 1.86. The SMILES string of the molecule is CN(C)C(=O)C1=C=C2CC2=C1. The Balaban J connectivity index is 2.27. The van der Waals surface area contributed by atoms with E-state index in [2.05, 4.69) is 5.73 Å². The van der Waals surface area contributed by atoms with Crippen LogP contribution in [0.3, 0.4) is 0 Å². The summed E-state index contributed by atoms with van der Waals surface area (Å²) >= 11 is 0. The summed E-state index contributed by atoms with van der Waals surface area (Å²) in [6.07, 6.45) is 2.97. The van der Waals surface area contributed by atoms with Crippen molar-refractivity contribution in [2.75, 3.05) is 14.1 Å². The molecule has 2 nitrogen and oxygen atoms in total. The Kier molecular flexibility index (Phi) is 1.09. The number of rotatable bonds is 1. The van der Waals surface area contributed by atoms with E-state index >= 15 is 0 Å². The van der Waals surface area contributed by atoms with Crippen LogP contribution in [0, 0.1) is 0 Å². The Morgan fingerprint density at radius 1 is 1.64 bits per heavy atom. The maximum absolute atomic E-state index is 11.3. The molecule has 2 aliphatic rings. The number of hydrogen-bond donors (Lipinski definition) is 0. The van der Waals surface area contributed by atoms with Crippen LogP contribution in [-0.4, -0.2) is 24.9 Å². The molecule has 11 heavy (non-hydrogen) atoms. The molecule has 56 valence electrons. The predicted octanol–water partition coefficient (Wildman–Crippen LogP) is 0.870. The summed E-state index contributed by atoms with van der Waals surface area (Å²) in [5, 5.41) is 0. The summed E-state index contributed by atoms with van der Waals surface area (Å²) in [5.41, 5.74) is 6.28. The largest absolute Gasteiger partial charge is 0.344 e. The number of likely N-dealkylation sites (N-methyl/N-ethyl adjacent to an activating group) is 1. The van der Waals surface area contributed by atoms with E-state index in [0.29, 0.717) is 5.57 Å². The lowest BCUT2D eigenvalue weighted by Crippen LogP contribution is -2.22. The van der Waals surface area contributed by atoms with E-state index in [-0.39, 0.29) is 5.91 Å². The lowest BCUT2D eigenvalue weighted by atomic mass is 10.2. The first-order valence-corrected chi connectivity index (χ1v) is 3.61. The molecule has 0 aromatic carbocycles. The van der Waals surface area contributed by atoms with Gasteiger partial charge in [-0.1, -0.05) is 0 Å². The average Bonchev–Trinajstić information content (AvgIpc) is 2.57. The molecule has 0 spiro atoms. The monoisotopic (exact) mass is 147 g/mol. The highest BCUT2D eigenvalue weighted by Gasteiger charge is 2.27. The average molecular weight is 147 g/mol. The van der Waals surface area contributed by atoms with Crippen LogP contribution in [0.4, 0.5) is 0 Å². The number of carbonyl (C=O) groups excluding carboxylic acids is 1. The summed E-state index contributed by atoms with van der Waals surface area (Å²) in [4.78, 5) is 12.9. The number of allylic oxidation sites excluding steroid dienone is 1. The van der Waals surface area contributed by atoms with Crippen LogP contribution in [0.15, 0.2) is 28.5 Å². The lowest BCUT2D eigenvalue weighted by Gasteiger charge is -2.07. The number of amides is 1. The highest BCUT2D eigenvalue weighted by molar-refractivity contribution is 5.98. The summed E-state index contributed by atoms with van der Waals surface area (Å²) in [5.74, 6) is 0.0530. The molecule has 0 aromatic heterocycles. The Hall–Kier alpha value is -1.27. The van der Waals surface area contributed by atoms with Crippen molar-refractivity contribution in [2.45, 2.75) is 6.42 Å². The minimum absolute atomic E-state index is 0.0530. The molecule has 0 radical (unpaired) electrons. The van der Waals surface area contributed by atoms with Gasteiger partial charge in [0.05, 0.1) is 5.57 Å². The molecule has 1 amide bonds. The first kappa shape index (κ1) is 6.44. The number of fused-ring (bicyclic) bond motifs is 1. The number of carbonyl (C=O) groups is 1. The van der Waals surface area contributed by atoms with Crippen LogP contribution in [0.5, 0.6) is 0 Å². The predicted molar refractivity (Wildman–Crippen MR) is 41.9 cm³/mol. The van der Waals surface area contributed by atoms with Gasteiger partial charge < -0.3 is 4.90 Å². The van der Waals surface area contributed by atoms with Crippen molar-refractivity contribution in [3.8, 4) is 0 Å². The minimum Gasteiger partial charge on any atom is -0.344 e. The molecular weight excluding hydrogens is 138 g/mol. The summed E-state index contributed by atoms with van der Waals surface area (Å²) < 4.78 is 0. The fourth-order valence-corrected chi connectivity index (χ4v) is 1.14. The summed E-state index contributed by atoms with van der Waals surface area (Å²) in [6, 6.07) is 0. The van der Waals surface area contributed by atoms with E-state index in [4.69, 9.17) is 0 Å². The molecule has 0 unspecified atom stereocenters. The van der Waals surface area contributed by atoms with Gasteiger partial charge in [0.15, 0.2) is 0 Å². The zero-order valence-electron chi connectivity index (χ0n) is 6.64. The molecular formula is C9H9NO. The van der Waals surface area contributed by atoms with Gasteiger partial charge in [-0.05, 0) is 11.6 Å². The molecule has 0 N–H and O–H groups in total. The van der Waals surface area contributed by atoms with Crippen molar-refractivity contribution in [1.82, 2.24) is 4.90 Å². The zero-order chi connectivity index (χ0) is 8.01. The van der Waals surface area contributed by atoms with Gasteiger partial charge in [-0.2, -0.15) is 0 Å². The van der Waals surface area contributed by atoms with Crippen molar-refractivity contribution in [2.24, 2.45) is 0 Å². The maximum Gasteiger partial charge on any atom is 0.261 e. The molecule has 0 atom stereocenters. The molecule has 2 heteroatoms. The third kappa shape index (κ3) is 0.920. The molecule has 1 saturated carbocycles. The number of hydrogen-bond acceptors (Lipinski definition) is 1. The topological polar surface area (TPSA) is 20.3 Å². The van der Waals surface area contributed by atoms with Crippen molar-refractivity contribution in [1.29, 1.82) is 0 Å². The van der Waals surface area contributed by atoms with Crippen molar-refractivity contribution < 1.29 is 4.79 Å². The van der Waals surface area contributed by atoms with Crippen LogP contribution < -0.4 is 0 Å². The molecule has 0 saturated heterocycles. The smallest absolute Gasteiger partial charge is 0.261 e. The third-order valence-corrected chi connectivity index (χ3v) is 1.87. The standard InChI is InChI=1S/C9H9NO/c1-10(2)9(11)8-4-6-3-7(6)5-8/h4H,3H2,1-2H3. The van der Waals surface area contributed by atoms with E-state index in [1.165, 1.54) is 11.1 Å². The zero-order valence-corrected chi connectivity index (χ0v) is 6.64. The summed E-state index contributed by atoms with van der Waals surface area (Å²) in [7, 11) is 3.51. The lowest BCUT2D eigenvalue weighted by molar-refractivity contribution is -0.124. The Bertz CT molecular complexity index is 327. The highest BCUT2D eigenvalue weighted by Crippen LogP contribution is 2.40. The van der Waals surface area contributed by atoms with Crippen molar-refractivity contribution >= 4 is 5.91 Å². The fourth-order valence-electron chi connectivity index (χ4n) is 1.14. The van der Waals surface area contributed by atoms with Crippen LogP contribution in [0.25, 0.3) is 0 Å². The van der Waals surface area contributed by atoms with Crippen LogP contribution in [0.1, 0.15) is 6.42 Å². The van der Waals surface area contributed by atoms with Crippen LogP contribution >= 0.6 is 0 Å². The van der Waals surface area contributed by atoms with E-state index in [0.717, 1.165) is 6.42 Å². The van der Waals surface area contributed by atoms with E-state index in [1.807, 2.05) is 6.08 Å². The maximum atomic E-state index is 11.3. The molecule has 0 aliphatic heterocycles. The van der Waals surface area contributed by atoms with Crippen LogP contribution in [0.2, 0.25) is 0 Å². The van der Waals surface area contributed by atoms with Gasteiger partial charge in [0.1, 0.15) is 0 Å². The van der Waals surface area contributed by atoms with Gasteiger partial charge >= 0.3 is 0 Å². The van der Waals surface area contributed by atoms with Gasteiger partial charge in [-0.3, -0.25) is 4.79 Å². The molecule has 0 bridgehead atoms. The highest BCUT2D eigenvalue weighted by atomic mass is 16.2. The van der Waals surface area contributed by atoms with Crippen molar-refractivity contribution in [3.63, 3.8) is 0 Å². The molecule has 0 heterocycles. The van der Waals surface area contributed by atoms with E-state index in [1.54, 1.807) is 19.0 Å². The first-order chi connectivity index (χ1) is 5.18. The normalized spacial score (nSPS) is 18.2. The summed E-state index contributed by atoms with van der Waals surface area (Å²) in [6.45, 7) is 0. The molecule has 2 aliphatic carbocycles. The van der Waals surface area contributed by atoms with Gasteiger partial charge in [0.2, 0.25) is 0 Å². The van der Waals surface area contributed by atoms with Gasteiger partial charge in [-0.15, -0.1) is 5.73 Å².